The Hall–Kier alpha value is -2.01. The first-order valence-corrected chi connectivity index (χ1v) is 8.02. The quantitative estimate of drug-likeness (QED) is 0.636. The van der Waals surface area contributed by atoms with Gasteiger partial charge in [0, 0.05) is 10.4 Å². The van der Waals surface area contributed by atoms with Crippen LogP contribution in [0.25, 0.3) is 0 Å². The summed E-state index contributed by atoms with van der Waals surface area (Å²) in [5.74, 6) is -1.21. The lowest BCUT2D eigenvalue weighted by molar-refractivity contribution is 0.0479. The van der Waals surface area contributed by atoms with Crippen LogP contribution in [0.15, 0.2) is 30.3 Å². The summed E-state index contributed by atoms with van der Waals surface area (Å²) in [7, 11) is 0. The van der Waals surface area contributed by atoms with Crippen molar-refractivity contribution in [3.63, 3.8) is 0 Å². The number of carbonyl (C=O) groups is 2. The highest BCUT2D eigenvalue weighted by Crippen LogP contribution is 2.30. The molecule has 1 aliphatic carbocycles. The van der Waals surface area contributed by atoms with Crippen LogP contribution in [0.5, 0.6) is 0 Å². The second-order valence-corrected chi connectivity index (χ2v) is 6.41. The number of benzene rings is 1. The Morgan fingerprint density at radius 1 is 1.14 bits per heavy atom. The Morgan fingerprint density at radius 3 is 2.59 bits per heavy atom. The third-order valence-electron chi connectivity index (χ3n) is 3.70. The Morgan fingerprint density at radius 2 is 1.86 bits per heavy atom. The van der Waals surface area contributed by atoms with Gasteiger partial charge in [-0.25, -0.2) is 9.18 Å². The SMILES string of the molecule is O=C(COC(=O)c1cc2c(s1)CCCC2)c1ccc(F)cc1. The molecule has 1 aromatic heterocycles. The second-order valence-electron chi connectivity index (χ2n) is 5.27. The fourth-order valence-electron chi connectivity index (χ4n) is 2.51. The molecule has 1 heterocycles. The van der Waals surface area contributed by atoms with Gasteiger partial charge >= 0.3 is 5.97 Å². The summed E-state index contributed by atoms with van der Waals surface area (Å²) in [4.78, 5) is 25.7. The molecule has 0 amide bonds. The van der Waals surface area contributed by atoms with Crippen molar-refractivity contribution in [3.05, 3.63) is 57.0 Å². The zero-order valence-electron chi connectivity index (χ0n) is 11.9. The van der Waals surface area contributed by atoms with Gasteiger partial charge in [-0.15, -0.1) is 11.3 Å². The lowest BCUT2D eigenvalue weighted by Gasteiger charge is -2.08. The zero-order valence-corrected chi connectivity index (χ0v) is 12.7. The van der Waals surface area contributed by atoms with Crippen LogP contribution in [-0.2, 0) is 17.6 Å². The van der Waals surface area contributed by atoms with E-state index in [2.05, 4.69) is 0 Å². The van der Waals surface area contributed by atoms with Gasteiger partial charge in [-0.2, -0.15) is 0 Å². The summed E-state index contributed by atoms with van der Waals surface area (Å²) in [5.41, 5.74) is 1.56. The lowest BCUT2D eigenvalue weighted by atomic mass is 9.99. The molecule has 3 nitrogen and oxygen atoms in total. The predicted octanol–water partition coefficient (Wildman–Crippen LogP) is 3.81. The Balaban J connectivity index is 1.61. The van der Waals surface area contributed by atoms with E-state index in [-0.39, 0.29) is 12.4 Å². The molecule has 0 spiro atoms. The van der Waals surface area contributed by atoms with Gasteiger partial charge in [-0.05, 0) is 61.6 Å². The van der Waals surface area contributed by atoms with Crippen molar-refractivity contribution in [1.29, 1.82) is 0 Å². The van der Waals surface area contributed by atoms with E-state index in [1.165, 1.54) is 46.0 Å². The molecule has 0 aliphatic heterocycles. The number of fused-ring (bicyclic) bond motifs is 1. The Bertz CT molecular complexity index is 680. The number of carbonyl (C=O) groups excluding carboxylic acids is 2. The molecule has 0 bridgehead atoms. The third kappa shape index (κ3) is 3.25. The maximum Gasteiger partial charge on any atom is 0.348 e. The number of halogens is 1. The number of rotatable bonds is 4. The fourth-order valence-corrected chi connectivity index (χ4v) is 3.66. The lowest BCUT2D eigenvalue weighted by Crippen LogP contribution is -2.13. The van der Waals surface area contributed by atoms with Crippen molar-refractivity contribution < 1.29 is 18.7 Å². The number of ketones is 1. The minimum Gasteiger partial charge on any atom is -0.453 e. The average Bonchev–Trinajstić information content (AvgIpc) is 2.97. The number of hydrogen-bond acceptors (Lipinski definition) is 4. The number of hydrogen-bond donors (Lipinski definition) is 0. The molecule has 114 valence electrons. The van der Waals surface area contributed by atoms with Crippen LogP contribution in [0.4, 0.5) is 4.39 Å². The van der Waals surface area contributed by atoms with Crippen molar-refractivity contribution >= 4 is 23.1 Å². The van der Waals surface area contributed by atoms with E-state index < -0.39 is 11.8 Å². The van der Waals surface area contributed by atoms with Gasteiger partial charge in [0.25, 0.3) is 0 Å². The topological polar surface area (TPSA) is 43.4 Å². The molecule has 3 rings (SSSR count). The zero-order chi connectivity index (χ0) is 15.5. The average molecular weight is 318 g/mol. The highest BCUT2D eigenvalue weighted by molar-refractivity contribution is 7.14. The van der Waals surface area contributed by atoms with Crippen LogP contribution in [0, 0.1) is 5.82 Å². The molecule has 0 radical (unpaired) electrons. The predicted molar refractivity (Wildman–Crippen MR) is 82.0 cm³/mol. The van der Waals surface area contributed by atoms with Crippen LogP contribution in [-0.4, -0.2) is 18.4 Å². The number of esters is 1. The summed E-state index contributed by atoms with van der Waals surface area (Å²) in [6.45, 7) is -0.326. The molecule has 2 aromatic rings. The van der Waals surface area contributed by atoms with E-state index in [1.807, 2.05) is 6.07 Å². The summed E-state index contributed by atoms with van der Waals surface area (Å²) < 4.78 is 17.9. The summed E-state index contributed by atoms with van der Waals surface area (Å²) in [6, 6.07) is 7.07. The second kappa shape index (κ2) is 6.40. The summed E-state index contributed by atoms with van der Waals surface area (Å²) >= 11 is 1.46. The summed E-state index contributed by atoms with van der Waals surface area (Å²) in [5, 5.41) is 0. The van der Waals surface area contributed by atoms with E-state index in [0.29, 0.717) is 10.4 Å². The van der Waals surface area contributed by atoms with Crippen molar-refractivity contribution in [2.75, 3.05) is 6.61 Å². The Labute approximate surface area is 131 Å². The molecule has 0 atom stereocenters. The van der Waals surface area contributed by atoms with Crippen molar-refractivity contribution in [2.45, 2.75) is 25.7 Å². The molecular formula is C17H15FO3S. The van der Waals surface area contributed by atoms with Crippen LogP contribution in [0.2, 0.25) is 0 Å². The highest BCUT2D eigenvalue weighted by Gasteiger charge is 2.19. The number of thiophene rings is 1. The maximum atomic E-state index is 12.8. The molecule has 1 aromatic carbocycles. The first-order valence-electron chi connectivity index (χ1n) is 7.21. The molecule has 22 heavy (non-hydrogen) atoms. The first kappa shape index (κ1) is 14.9. The van der Waals surface area contributed by atoms with E-state index in [0.717, 1.165) is 25.7 Å². The molecular weight excluding hydrogens is 303 g/mol. The van der Waals surface area contributed by atoms with Crippen LogP contribution in [0.3, 0.4) is 0 Å². The van der Waals surface area contributed by atoms with Crippen LogP contribution < -0.4 is 0 Å². The minimum absolute atomic E-state index is 0.326. The van der Waals surface area contributed by atoms with E-state index in [1.54, 1.807) is 0 Å². The fraction of sp³-hybridized carbons (Fsp3) is 0.294. The van der Waals surface area contributed by atoms with Crippen molar-refractivity contribution in [2.24, 2.45) is 0 Å². The molecule has 0 saturated carbocycles. The monoisotopic (exact) mass is 318 g/mol. The molecule has 0 unspecified atom stereocenters. The molecule has 0 N–H and O–H groups in total. The Kier molecular flexibility index (Phi) is 4.34. The number of ether oxygens (including phenoxy) is 1. The van der Waals surface area contributed by atoms with Gasteiger partial charge in [-0.3, -0.25) is 4.79 Å². The van der Waals surface area contributed by atoms with Crippen molar-refractivity contribution in [1.82, 2.24) is 0 Å². The molecule has 0 fully saturated rings. The molecule has 5 heteroatoms. The number of Topliss-reactive ketones (excluding diaryl/α,β-unsaturated/α-hetero) is 1. The summed E-state index contributed by atoms with van der Waals surface area (Å²) in [6.07, 6.45) is 4.34. The van der Waals surface area contributed by atoms with Gasteiger partial charge in [0.1, 0.15) is 10.7 Å². The standard InChI is InChI=1S/C17H15FO3S/c18-13-7-5-11(6-8-13)14(19)10-21-17(20)16-9-12-3-1-2-4-15(12)22-16/h5-9H,1-4,10H2. The van der Waals surface area contributed by atoms with E-state index in [9.17, 15) is 14.0 Å². The number of aryl methyl sites for hydroxylation is 2. The van der Waals surface area contributed by atoms with Gasteiger partial charge in [0.15, 0.2) is 12.4 Å². The van der Waals surface area contributed by atoms with Gasteiger partial charge in [-0.1, -0.05) is 0 Å². The van der Waals surface area contributed by atoms with Crippen LogP contribution in [0.1, 0.15) is 43.3 Å². The van der Waals surface area contributed by atoms with E-state index >= 15 is 0 Å². The largest absolute Gasteiger partial charge is 0.453 e. The van der Waals surface area contributed by atoms with Gasteiger partial charge < -0.3 is 4.74 Å². The first-order chi connectivity index (χ1) is 10.6. The van der Waals surface area contributed by atoms with E-state index in [4.69, 9.17) is 4.74 Å². The maximum absolute atomic E-state index is 12.8. The highest BCUT2D eigenvalue weighted by atomic mass is 32.1. The normalized spacial score (nSPS) is 13.5. The van der Waals surface area contributed by atoms with Gasteiger partial charge in [0.2, 0.25) is 0 Å². The van der Waals surface area contributed by atoms with Crippen molar-refractivity contribution in [3.8, 4) is 0 Å². The smallest absolute Gasteiger partial charge is 0.348 e. The third-order valence-corrected chi connectivity index (χ3v) is 4.92. The van der Waals surface area contributed by atoms with Gasteiger partial charge in [0.05, 0.1) is 0 Å². The molecule has 1 aliphatic rings. The minimum atomic E-state index is -0.463. The van der Waals surface area contributed by atoms with Crippen LogP contribution >= 0.6 is 11.3 Å². The molecule has 0 saturated heterocycles.